The Labute approximate surface area is 173 Å². The number of nitrogens with zero attached hydrogens (tertiary/aromatic N) is 5. The van der Waals surface area contributed by atoms with Gasteiger partial charge in [-0.3, -0.25) is 4.79 Å². The number of amides is 1. The maximum absolute atomic E-state index is 12.5. The predicted molar refractivity (Wildman–Crippen MR) is 107 cm³/mol. The van der Waals surface area contributed by atoms with Gasteiger partial charge in [0.05, 0.1) is 16.9 Å². The van der Waals surface area contributed by atoms with Crippen molar-refractivity contribution >= 4 is 40.2 Å². The first-order chi connectivity index (χ1) is 14.2. The summed E-state index contributed by atoms with van der Waals surface area (Å²) in [5, 5.41) is 20.0. The number of hydrogen-bond donors (Lipinski definition) is 1. The third kappa shape index (κ3) is 4.70. The van der Waals surface area contributed by atoms with E-state index in [0.717, 1.165) is 10.6 Å². The molecule has 1 aromatic carbocycles. The Hall–Kier alpha value is -3.44. The van der Waals surface area contributed by atoms with Crippen LogP contribution < -0.4 is 5.32 Å². The van der Waals surface area contributed by atoms with Gasteiger partial charge in [0.1, 0.15) is 24.5 Å². The third-order valence-electron chi connectivity index (χ3n) is 3.79. The number of para-hydroxylation sites is 1. The van der Waals surface area contributed by atoms with E-state index in [1.54, 1.807) is 35.6 Å². The summed E-state index contributed by atoms with van der Waals surface area (Å²) in [6, 6.07) is 8.63. The highest BCUT2D eigenvalue weighted by atomic mass is 32.1. The van der Waals surface area contributed by atoms with Crippen LogP contribution in [0.3, 0.4) is 0 Å². The summed E-state index contributed by atoms with van der Waals surface area (Å²) < 4.78 is 6.67. The minimum Gasteiger partial charge on any atom is -0.455 e. The molecular formula is C18H14N6O3S2. The van der Waals surface area contributed by atoms with Crippen LogP contribution in [0.5, 0.6) is 0 Å². The molecule has 0 saturated carbocycles. The monoisotopic (exact) mass is 426 g/mol. The standard InChI is InChI=1S/C18H14N6O3S2/c25-16(7-24-11-19-22-23-24)21-15-4-2-1-3-14(15)18(26)27-8-13-10-29-17(20-13)12-5-6-28-9-12/h1-6,9-11H,7-8H2,(H,21,25). The summed E-state index contributed by atoms with van der Waals surface area (Å²) in [4.78, 5) is 29.2. The lowest BCUT2D eigenvalue weighted by atomic mass is 10.2. The fourth-order valence-electron chi connectivity index (χ4n) is 2.47. The first-order valence-electron chi connectivity index (χ1n) is 8.43. The van der Waals surface area contributed by atoms with Crippen molar-refractivity contribution in [2.45, 2.75) is 13.2 Å². The summed E-state index contributed by atoms with van der Waals surface area (Å²) in [6.45, 7) is -0.0209. The third-order valence-corrected chi connectivity index (χ3v) is 5.41. The molecule has 0 saturated heterocycles. The fourth-order valence-corrected chi connectivity index (χ4v) is 3.99. The number of ether oxygens (including phenoxy) is 1. The minimum absolute atomic E-state index is 0.0480. The van der Waals surface area contributed by atoms with Gasteiger partial charge in [0.25, 0.3) is 0 Å². The molecule has 3 heterocycles. The summed E-state index contributed by atoms with van der Waals surface area (Å²) >= 11 is 3.10. The van der Waals surface area contributed by atoms with E-state index in [1.807, 2.05) is 22.2 Å². The van der Waals surface area contributed by atoms with Gasteiger partial charge in [-0.1, -0.05) is 12.1 Å². The Bertz CT molecular complexity index is 1110. The van der Waals surface area contributed by atoms with Gasteiger partial charge < -0.3 is 10.1 Å². The van der Waals surface area contributed by atoms with E-state index < -0.39 is 5.97 Å². The number of esters is 1. The van der Waals surface area contributed by atoms with E-state index in [0.29, 0.717) is 11.4 Å². The zero-order valence-corrected chi connectivity index (χ0v) is 16.5. The van der Waals surface area contributed by atoms with Gasteiger partial charge in [-0.25, -0.2) is 14.5 Å². The van der Waals surface area contributed by atoms with Crippen LogP contribution in [0.25, 0.3) is 10.6 Å². The van der Waals surface area contributed by atoms with Crippen molar-refractivity contribution in [3.05, 3.63) is 64.1 Å². The first kappa shape index (κ1) is 18.9. The van der Waals surface area contributed by atoms with E-state index in [9.17, 15) is 9.59 Å². The maximum atomic E-state index is 12.5. The van der Waals surface area contributed by atoms with Crippen LogP contribution in [0.1, 0.15) is 16.1 Å². The summed E-state index contributed by atoms with van der Waals surface area (Å²) in [6.07, 6.45) is 1.33. The number of aromatic nitrogens is 5. The van der Waals surface area contributed by atoms with Gasteiger partial charge in [-0.05, 0) is 34.0 Å². The number of rotatable bonds is 7. The average Bonchev–Trinajstić information content (AvgIpc) is 3.48. The molecule has 9 nitrogen and oxygen atoms in total. The van der Waals surface area contributed by atoms with E-state index in [-0.39, 0.29) is 24.6 Å². The van der Waals surface area contributed by atoms with Gasteiger partial charge in [0, 0.05) is 16.3 Å². The van der Waals surface area contributed by atoms with Gasteiger partial charge in [-0.15, -0.1) is 16.4 Å². The number of hydrogen-bond acceptors (Lipinski definition) is 9. The average molecular weight is 426 g/mol. The first-order valence-corrected chi connectivity index (χ1v) is 10.2. The smallest absolute Gasteiger partial charge is 0.340 e. The molecule has 1 amide bonds. The number of anilines is 1. The summed E-state index contributed by atoms with van der Waals surface area (Å²) in [5.41, 5.74) is 2.33. The molecule has 1 N–H and O–H groups in total. The van der Waals surface area contributed by atoms with Crippen molar-refractivity contribution in [1.82, 2.24) is 25.2 Å². The van der Waals surface area contributed by atoms with Crippen LogP contribution in [-0.4, -0.2) is 37.1 Å². The molecule has 0 fully saturated rings. The molecule has 4 aromatic rings. The lowest BCUT2D eigenvalue weighted by Crippen LogP contribution is -2.21. The second-order valence-corrected chi connectivity index (χ2v) is 7.47. The molecule has 3 aromatic heterocycles. The fraction of sp³-hybridized carbons (Fsp3) is 0.111. The van der Waals surface area contributed by atoms with Crippen LogP contribution >= 0.6 is 22.7 Å². The van der Waals surface area contributed by atoms with Crippen LogP contribution in [0.2, 0.25) is 0 Å². The van der Waals surface area contributed by atoms with Crippen molar-refractivity contribution in [2.75, 3.05) is 5.32 Å². The Morgan fingerprint density at radius 3 is 2.86 bits per heavy atom. The van der Waals surface area contributed by atoms with Crippen LogP contribution in [-0.2, 0) is 22.7 Å². The molecular weight excluding hydrogens is 412 g/mol. The van der Waals surface area contributed by atoms with Gasteiger partial charge in [-0.2, -0.15) is 11.3 Å². The largest absolute Gasteiger partial charge is 0.455 e. The van der Waals surface area contributed by atoms with Crippen molar-refractivity contribution in [3.63, 3.8) is 0 Å². The number of thiophene rings is 1. The quantitative estimate of drug-likeness (QED) is 0.452. The highest BCUT2D eigenvalue weighted by Gasteiger charge is 2.16. The van der Waals surface area contributed by atoms with Gasteiger partial charge in [0.15, 0.2) is 0 Å². The molecule has 11 heteroatoms. The second-order valence-electron chi connectivity index (χ2n) is 5.83. The number of nitrogens with one attached hydrogen (secondary N) is 1. The highest BCUT2D eigenvalue weighted by Crippen LogP contribution is 2.26. The lowest BCUT2D eigenvalue weighted by Gasteiger charge is -2.10. The van der Waals surface area contributed by atoms with E-state index in [4.69, 9.17) is 4.74 Å². The minimum atomic E-state index is -0.548. The SMILES string of the molecule is O=C(Cn1cnnn1)Nc1ccccc1C(=O)OCc1csc(-c2ccsc2)n1. The van der Waals surface area contributed by atoms with Crippen molar-refractivity contribution in [1.29, 1.82) is 0 Å². The predicted octanol–water partition coefficient (Wildman–Crippen LogP) is 2.85. The zero-order chi connectivity index (χ0) is 20.1. The number of benzene rings is 1. The highest BCUT2D eigenvalue weighted by molar-refractivity contribution is 7.14. The van der Waals surface area contributed by atoms with Crippen molar-refractivity contribution in [2.24, 2.45) is 0 Å². The second kappa shape index (κ2) is 8.71. The molecule has 0 atom stereocenters. The van der Waals surface area contributed by atoms with Gasteiger partial charge in [0.2, 0.25) is 5.91 Å². The molecule has 29 heavy (non-hydrogen) atoms. The van der Waals surface area contributed by atoms with E-state index >= 15 is 0 Å². The Morgan fingerprint density at radius 2 is 2.07 bits per heavy atom. The van der Waals surface area contributed by atoms with E-state index in [1.165, 1.54) is 22.3 Å². The number of carbonyl (C=O) groups is 2. The molecule has 0 aliphatic heterocycles. The number of tetrazole rings is 1. The Morgan fingerprint density at radius 1 is 1.17 bits per heavy atom. The van der Waals surface area contributed by atoms with Crippen LogP contribution in [0.15, 0.2) is 52.8 Å². The van der Waals surface area contributed by atoms with Crippen LogP contribution in [0.4, 0.5) is 5.69 Å². The molecule has 0 radical (unpaired) electrons. The lowest BCUT2D eigenvalue weighted by molar-refractivity contribution is -0.116. The topological polar surface area (TPSA) is 112 Å². The Kier molecular flexibility index (Phi) is 5.68. The van der Waals surface area contributed by atoms with Gasteiger partial charge >= 0.3 is 5.97 Å². The molecule has 0 unspecified atom stereocenters. The molecule has 4 rings (SSSR count). The summed E-state index contributed by atoms with van der Waals surface area (Å²) in [7, 11) is 0. The van der Waals surface area contributed by atoms with Crippen molar-refractivity contribution < 1.29 is 14.3 Å². The molecule has 0 spiro atoms. The van der Waals surface area contributed by atoms with E-state index in [2.05, 4.69) is 25.8 Å². The Balaban J connectivity index is 1.39. The molecule has 0 bridgehead atoms. The zero-order valence-electron chi connectivity index (χ0n) is 14.9. The summed E-state index contributed by atoms with van der Waals surface area (Å²) in [5.74, 6) is -0.911. The van der Waals surface area contributed by atoms with Crippen LogP contribution in [0, 0.1) is 0 Å². The van der Waals surface area contributed by atoms with Crippen molar-refractivity contribution in [3.8, 4) is 10.6 Å². The molecule has 0 aliphatic rings. The number of carbonyl (C=O) groups excluding carboxylic acids is 2. The maximum Gasteiger partial charge on any atom is 0.340 e. The molecule has 0 aliphatic carbocycles. The number of thiazole rings is 1. The normalized spacial score (nSPS) is 10.6. The molecule has 146 valence electrons.